The summed E-state index contributed by atoms with van der Waals surface area (Å²) in [4.78, 5) is 29.3. The molecule has 0 spiro atoms. The number of methoxy groups -OCH3 is 1. The molecule has 0 bridgehead atoms. The van der Waals surface area contributed by atoms with Crippen molar-refractivity contribution in [1.29, 1.82) is 0 Å². The predicted octanol–water partition coefficient (Wildman–Crippen LogP) is 6.24. The summed E-state index contributed by atoms with van der Waals surface area (Å²) in [7, 11) is 1.61. The van der Waals surface area contributed by atoms with E-state index in [1.807, 2.05) is 60.7 Å². The number of benzene rings is 3. The fourth-order valence-corrected chi connectivity index (χ4v) is 5.10. The molecule has 3 aromatic rings. The van der Waals surface area contributed by atoms with Crippen LogP contribution in [-0.4, -0.2) is 35.9 Å². The summed E-state index contributed by atoms with van der Waals surface area (Å²) in [5, 5.41) is 4.08. The number of hydrogen-bond donors (Lipinski definition) is 1. The predicted molar refractivity (Wildman–Crippen MR) is 148 cm³/mol. The van der Waals surface area contributed by atoms with Crippen molar-refractivity contribution in [1.82, 2.24) is 10.2 Å². The number of ether oxygens (including phenoxy) is 1. The molecule has 1 saturated carbocycles. The number of carbonyl (C=O) groups excluding carboxylic acids is 2. The fourth-order valence-electron chi connectivity index (χ4n) is 4.78. The van der Waals surface area contributed by atoms with Crippen molar-refractivity contribution in [2.24, 2.45) is 0 Å². The topological polar surface area (TPSA) is 58.6 Å². The molecule has 5 nitrogen and oxygen atoms in total. The van der Waals surface area contributed by atoms with E-state index in [2.05, 4.69) is 5.32 Å². The van der Waals surface area contributed by atoms with Gasteiger partial charge >= 0.3 is 0 Å². The maximum atomic E-state index is 13.9. The zero-order valence-electron chi connectivity index (χ0n) is 21.0. The number of amides is 2. The summed E-state index contributed by atoms with van der Waals surface area (Å²) in [6.07, 6.45) is 4.73. The van der Waals surface area contributed by atoms with Crippen LogP contribution in [0.1, 0.15) is 42.4 Å². The van der Waals surface area contributed by atoms with Crippen LogP contribution in [0.2, 0.25) is 10.0 Å². The van der Waals surface area contributed by atoms with Gasteiger partial charge in [-0.1, -0.05) is 84.6 Å². The van der Waals surface area contributed by atoms with Crippen molar-refractivity contribution in [3.8, 4) is 5.75 Å². The van der Waals surface area contributed by atoms with Crippen LogP contribution in [0.3, 0.4) is 0 Å². The molecule has 7 heteroatoms. The molecule has 4 rings (SSSR count). The van der Waals surface area contributed by atoms with Gasteiger partial charge in [-0.05, 0) is 53.8 Å². The molecule has 37 heavy (non-hydrogen) atoms. The zero-order chi connectivity index (χ0) is 26.2. The average Bonchev–Trinajstić information content (AvgIpc) is 3.42. The summed E-state index contributed by atoms with van der Waals surface area (Å²) in [5.41, 5.74) is 2.65. The van der Waals surface area contributed by atoms with Crippen molar-refractivity contribution < 1.29 is 14.3 Å². The second-order valence-electron chi connectivity index (χ2n) is 9.49. The molecule has 0 radical (unpaired) electrons. The molecule has 0 saturated heterocycles. The van der Waals surface area contributed by atoms with Gasteiger partial charge in [0.15, 0.2) is 0 Å². The van der Waals surface area contributed by atoms with Crippen LogP contribution < -0.4 is 10.1 Å². The molecule has 1 N–H and O–H groups in total. The van der Waals surface area contributed by atoms with Crippen molar-refractivity contribution in [3.63, 3.8) is 0 Å². The molecule has 1 fully saturated rings. The smallest absolute Gasteiger partial charge is 0.243 e. The Morgan fingerprint density at radius 1 is 0.919 bits per heavy atom. The van der Waals surface area contributed by atoms with Gasteiger partial charge in [0.25, 0.3) is 0 Å². The Hall–Kier alpha value is -3.02. The van der Waals surface area contributed by atoms with Gasteiger partial charge in [0, 0.05) is 19.0 Å². The van der Waals surface area contributed by atoms with Crippen LogP contribution in [-0.2, 0) is 29.0 Å². The second-order valence-corrected chi connectivity index (χ2v) is 10.3. The Balaban J connectivity index is 1.66. The van der Waals surface area contributed by atoms with E-state index in [0.29, 0.717) is 16.5 Å². The summed E-state index contributed by atoms with van der Waals surface area (Å²) < 4.78 is 5.25. The first kappa shape index (κ1) is 27.0. The van der Waals surface area contributed by atoms with E-state index in [1.54, 1.807) is 24.1 Å². The minimum absolute atomic E-state index is 0.126. The Morgan fingerprint density at radius 3 is 2.24 bits per heavy atom. The molecular weight excluding hydrogens is 507 g/mol. The molecule has 1 atom stereocenters. The maximum Gasteiger partial charge on any atom is 0.243 e. The first-order chi connectivity index (χ1) is 17.9. The van der Waals surface area contributed by atoms with Crippen molar-refractivity contribution in [2.45, 2.75) is 57.2 Å². The maximum absolute atomic E-state index is 13.9. The molecule has 2 amide bonds. The largest absolute Gasteiger partial charge is 0.497 e. The molecular formula is C30H32Cl2N2O3. The molecule has 1 aliphatic carbocycles. The van der Waals surface area contributed by atoms with E-state index >= 15 is 0 Å². The van der Waals surface area contributed by atoms with Gasteiger partial charge in [-0.2, -0.15) is 0 Å². The Bertz CT molecular complexity index is 1200. The summed E-state index contributed by atoms with van der Waals surface area (Å²) in [6.45, 7) is 0.238. The van der Waals surface area contributed by atoms with Crippen LogP contribution >= 0.6 is 23.2 Å². The Morgan fingerprint density at radius 2 is 1.59 bits per heavy atom. The third-order valence-corrected chi connectivity index (χ3v) is 7.56. The number of carbonyl (C=O) groups is 2. The lowest BCUT2D eigenvalue weighted by Crippen LogP contribution is -2.52. The third kappa shape index (κ3) is 7.50. The molecule has 0 heterocycles. The standard InChI is InChI=1S/C30H32Cl2N2O3/c1-37-25-14-11-22(12-15-25)19-29(35)34(20-23-13-16-26(31)27(32)17-23)28(18-21-7-3-2-4-8-21)30(36)33-24-9-5-6-10-24/h2-4,7-8,11-17,24,28H,5-6,9-10,18-20H2,1H3,(H,33,36)/t28-/m0/s1. The van der Waals surface area contributed by atoms with E-state index in [9.17, 15) is 9.59 Å². The first-order valence-corrected chi connectivity index (χ1v) is 13.4. The van der Waals surface area contributed by atoms with E-state index in [0.717, 1.165) is 48.1 Å². The highest BCUT2D eigenvalue weighted by Crippen LogP contribution is 2.25. The van der Waals surface area contributed by atoms with Gasteiger partial charge in [-0.3, -0.25) is 9.59 Å². The lowest BCUT2D eigenvalue weighted by Gasteiger charge is -2.32. The van der Waals surface area contributed by atoms with Crippen LogP contribution in [0.4, 0.5) is 0 Å². The van der Waals surface area contributed by atoms with E-state index in [-0.39, 0.29) is 30.8 Å². The van der Waals surface area contributed by atoms with E-state index < -0.39 is 6.04 Å². The quantitative estimate of drug-likeness (QED) is 0.332. The van der Waals surface area contributed by atoms with Gasteiger partial charge in [0.05, 0.1) is 23.6 Å². The molecule has 0 aliphatic heterocycles. The van der Waals surface area contributed by atoms with Gasteiger partial charge in [-0.15, -0.1) is 0 Å². The zero-order valence-corrected chi connectivity index (χ0v) is 22.5. The number of nitrogens with zero attached hydrogens (tertiary/aromatic N) is 1. The minimum atomic E-state index is -0.678. The molecule has 1 aliphatic rings. The Kier molecular flexibility index (Phi) is 9.48. The lowest BCUT2D eigenvalue weighted by molar-refractivity contribution is -0.141. The van der Waals surface area contributed by atoms with Gasteiger partial charge in [0.2, 0.25) is 11.8 Å². The van der Waals surface area contributed by atoms with E-state index in [4.69, 9.17) is 27.9 Å². The van der Waals surface area contributed by atoms with Crippen LogP contribution in [0.5, 0.6) is 5.75 Å². The molecule has 3 aromatic carbocycles. The average molecular weight is 540 g/mol. The normalized spacial score (nSPS) is 14.2. The summed E-state index contributed by atoms with van der Waals surface area (Å²) >= 11 is 12.4. The second kappa shape index (κ2) is 13.0. The SMILES string of the molecule is COc1ccc(CC(=O)N(Cc2ccc(Cl)c(Cl)c2)[C@@H](Cc2ccccc2)C(=O)NC2CCCC2)cc1. The van der Waals surface area contributed by atoms with Crippen LogP contribution in [0, 0.1) is 0 Å². The molecule has 194 valence electrons. The monoisotopic (exact) mass is 538 g/mol. The van der Waals surface area contributed by atoms with Crippen molar-refractivity contribution in [3.05, 3.63) is 99.5 Å². The van der Waals surface area contributed by atoms with Gasteiger partial charge in [0.1, 0.15) is 11.8 Å². The molecule has 0 unspecified atom stereocenters. The van der Waals surface area contributed by atoms with Crippen molar-refractivity contribution in [2.75, 3.05) is 7.11 Å². The number of halogens is 2. The molecule has 0 aromatic heterocycles. The highest BCUT2D eigenvalue weighted by Gasteiger charge is 2.32. The number of nitrogens with one attached hydrogen (secondary N) is 1. The van der Waals surface area contributed by atoms with Crippen molar-refractivity contribution >= 4 is 35.0 Å². The highest BCUT2D eigenvalue weighted by atomic mass is 35.5. The lowest BCUT2D eigenvalue weighted by atomic mass is 10.0. The number of rotatable bonds is 10. The summed E-state index contributed by atoms with van der Waals surface area (Å²) in [6, 6.07) is 22.0. The highest BCUT2D eigenvalue weighted by molar-refractivity contribution is 6.42. The minimum Gasteiger partial charge on any atom is -0.497 e. The van der Waals surface area contributed by atoms with E-state index in [1.165, 1.54) is 0 Å². The van der Waals surface area contributed by atoms with Crippen LogP contribution in [0.25, 0.3) is 0 Å². The first-order valence-electron chi connectivity index (χ1n) is 12.6. The van der Waals surface area contributed by atoms with Gasteiger partial charge < -0.3 is 15.0 Å². The van der Waals surface area contributed by atoms with Gasteiger partial charge in [-0.25, -0.2) is 0 Å². The summed E-state index contributed by atoms with van der Waals surface area (Å²) in [5.74, 6) is 0.458. The fraction of sp³-hybridized carbons (Fsp3) is 0.333. The third-order valence-electron chi connectivity index (χ3n) is 6.82. The Labute approximate surface area is 228 Å². The number of hydrogen-bond acceptors (Lipinski definition) is 3. The van der Waals surface area contributed by atoms with Crippen LogP contribution in [0.15, 0.2) is 72.8 Å².